The molecule has 0 aliphatic heterocycles. The van der Waals surface area contributed by atoms with Crippen LogP contribution in [0, 0.1) is 22.9 Å². The van der Waals surface area contributed by atoms with Gasteiger partial charge in [0.15, 0.2) is 0 Å². The molecular formula is C17H16FN3O4. The molecule has 2 rings (SSSR count). The Morgan fingerprint density at radius 2 is 1.96 bits per heavy atom. The molecule has 7 nitrogen and oxygen atoms in total. The zero-order valence-corrected chi connectivity index (χ0v) is 13.7. The van der Waals surface area contributed by atoms with Crippen LogP contribution in [0.3, 0.4) is 0 Å². The minimum atomic E-state index is -0.567. The highest BCUT2D eigenvalue weighted by molar-refractivity contribution is 5.99. The van der Waals surface area contributed by atoms with Crippen molar-refractivity contribution in [1.82, 2.24) is 4.90 Å². The molecule has 0 aliphatic carbocycles. The molecule has 1 N–H and O–H groups in total. The molecule has 2 amide bonds. The highest BCUT2D eigenvalue weighted by atomic mass is 19.1. The molecule has 130 valence electrons. The maximum atomic E-state index is 13.1. The van der Waals surface area contributed by atoms with Crippen LogP contribution in [-0.4, -0.2) is 35.2 Å². The number of carbonyl (C=O) groups excluding carboxylic acids is 2. The van der Waals surface area contributed by atoms with Crippen LogP contribution in [0.4, 0.5) is 15.8 Å². The first-order valence-corrected chi connectivity index (χ1v) is 7.34. The van der Waals surface area contributed by atoms with Gasteiger partial charge in [0, 0.05) is 29.9 Å². The Hall–Kier alpha value is -3.29. The first-order chi connectivity index (χ1) is 11.8. The summed E-state index contributed by atoms with van der Waals surface area (Å²) >= 11 is 0. The quantitative estimate of drug-likeness (QED) is 0.666. The van der Waals surface area contributed by atoms with E-state index in [1.807, 2.05) is 0 Å². The van der Waals surface area contributed by atoms with Crippen LogP contribution in [-0.2, 0) is 4.79 Å². The lowest BCUT2D eigenvalue weighted by molar-refractivity contribution is -0.385. The van der Waals surface area contributed by atoms with Crippen molar-refractivity contribution in [3.05, 3.63) is 69.5 Å². The summed E-state index contributed by atoms with van der Waals surface area (Å²) in [5.74, 6) is -1.53. The van der Waals surface area contributed by atoms with Crippen molar-refractivity contribution in [3.63, 3.8) is 0 Å². The highest BCUT2D eigenvalue weighted by Gasteiger charge is 2.19. The van der Waals surface area contributed by atoms with Crippen molar-refractivity contribution in [2.24, 2.45) is 0 Å². The fraction of sp³-hybridized carbons (Fsp3) is 0.176. The van der Waals surface area contributed by atoms with E-state index in [2.05, 4.69) is 5.32 Å². The lowest BCUT2D eigenvalue weighted by atomic mass is 10.1. The predicted octanol–water partition coefficient (Wildman–Crippen LogP) is 2.75. The maximum absolute atomic E-state index is 13.1. The van der Waals surface area contributed by atoms with E-state index in [1.54, 1.807) is 6.92 Å². The van der Waals surface area contributed by atoms with E-state index in [4.69, 9.17) is 0 Å². The third-order valence-electron chi connectivity index (χ3n) is 3.49. The molecule has 2 aromatic rings. The Bertz CT molecular complexity index is 838. The number of hydrogen-bond donors (Lipinski definition) is 1. The lowest BCUT2D eigenvalue weighted by Crippen LogP contribution is -2.35. The molecule has 0 aromatic heterocycles. The van der Waals surface area contributed by atoms with Crippen LogP contribution in [0.25, 0.3) is 0 Å². The Morgan fingerprint density at radius 1 is 1.24 bits per heavy atom. The van der Waals surface area contributed by atoms with Gasteiger partial charge in [-0.05, 0) is 31.2 Å². The maximum Gasteiger partial charge on any atom is 0.273 e. The van der Waals surface area contributed by atoms with Gasteiger partial charge in [-0.3, -0.25) is 19.7 Å². The topological polar surface area (TPSA) is 92.6 Å². The van der Waals surface area contributed by atoms with Gasteiger partial charge in [0.2, 0.25) is 5.91 Å². The van der Waals surface area contributed by atoms with Gasteiger partial charge in [0.25, 0.3) is 11.6 Å². The van der Waals surface area contributed by atoms with Crippen molar-refractivity contribution in [2.45, 2.75) is 6.92 Å². The van der Waals surface area contributed by atoms with Gasteiger partial charge < -0.3 is 10.2 Å². The molecule has 0 saturated carbocycles. The van der Waals surface area contributed by atoms with Crippen LogP contribution in [0.5, 0.6) is 0 Å². The number of amides is 2. The summed E-state index contributed by atoms with van der Waals surface area (Å²) in [7, 11) is 1.40. The minimum absolute atomic E-state index is 0.110. The summed E-state index contributed by atoms with van der Waals surface area (Å²) in [6.45, 7) is 1.29. The van der Waals surface area contributed by atoms with Gasteiger partial charge in [-0.25, -0.2) is 4.39 Å². The van der Waals surface area contributed by atoms with E-state index in [-0.39, 0.29) is 23.5 Å². The minimum Gasteiger partial charge on any atom is -0.332 e. The molecule has 0 heterocycles. The molecule has 0 atom stereocenters. The summed E-state index contributed by atoms with van der Waals surface area (Å²) in [4.78, 5) is 35.8. The number of benzene rings is 2. The number of carbonyl (C=O) groups is 2. The van der Waals surface area contributed by atoms with E-state index >= 15 is 0 Å². The standard InChI is InChI=1S/C17H16FN3O4/c1-11-6-7-12(8-15(11)21(24)25)17(23)20(2)10-16(22)19-14-5-3-4-13(18)9-14/h3-9H,10H2,1-2H3,(H,19,22). The molecule has 0 bridgehead atoms. The fourth-order valence-electron chi connectivity index (χ4n) is 2.21. The van der Waals surface area contributed by atoms with E-state index in [9.17, 15) is 24.1 Å². The average Bonchev–Trinajstić information content (AvgIpc) is 2.54. The lowest BCUT2D eigenvalue weighted by Gasteiger charge is -2.17. The van der Waals surface area contributed by atoms with E-state index in [0.717, 1.165) is 11.0 Å². The predicted molar refractivity (Wildman–Crippen MR) is 89.8 cm³/mol. The number of anilines is 1. The number of nitro benzene ring substituents is 1. The third kappa shape index (κ3) is 4.60. The second kappa shape index (κ2) is 7.52. The van der Waals surface area contributed by atoms with E-state index < -0.39 is 22.6 Å². The molecule has 0 aliphatic rings. The average molecular weight is 345 g/mol. The van der Waals surface area contributed by atoms with Gasteiger partial charge in [-0.2, -0.15) is 0 Å². The van der Waals surface area contributed by atoms with Crippen LogP contribution in [0.2, 0.25) is 0 Å². The molecule has 2 aromatic carbocycles. The fourth-order valence-corrected chi connectivity index (χ4v) is 2.21. The number of rotatable bonds is 5. The van der Waals surface area contributed by atoms with Gasteiger partial charge in [-0.1, -0.05) is 12.1 Å². The first-order valence-electron chi connectivity index (χ1n) is 7.34. The number of hydrogen-bond acceptors (Lipinski definition) is 4. The Labute approximate surface area is 143 Å². The molecular weight excluding hydrogens is 329 g/mol. The number of likely N-dealkylation sites (N-methyl/N-ethyl adjacent to an activating group) is 1. The summed E-state index contributed by atoms with van der Waals surface area (Å²) < 4.78 is 13.1. The molecule has 0 radical (unpaired) electrons. The molecule has 0 spiro atoms. The largest absolute Gasteiger partial charge is 0.332 e. The van der Waals surface area contributed by atoms with E-state index in [0.29, 0.717) is 5.56 Å². The van der Waals surface area contributed by atoms with Crippen molar-refractivity contribution in [3.8, 4) is 0 Å². The van der Waals surface area contributed by atoms with Crippen molar-refractivity contribution in [1.29, 1.82) is 0 Å². The molecule has 0 fully saturated rings. The highest BCUT2D eigenvalue weighted by Crippen LogP contribution is 2.20. The normalized spacial score (nSPS) is 10.2. The number of halogens is 1. The molecule has 25 heavy (non-hydrogen) atoms. The zero-order valence-electron chi connectivity index (χ0n) is 13.7. The van der Waals surface area contributed by atoms with Crippen LogP contribution in [0.15, 0.2) is 42.5 Å². The second-order valence-corrected chi connectivity index (χ2v) is 5.48. The Kier molecular flexibility index (Phi) is 5.43. The number of nitrogens with zero attached hydrogens (tertiary/aromatic N) is 2. The SMILES string of the molecule is Cc1ccc(C(=O)N(C)CC(=O)Nc2cccc(F)c2)cc1[N+](=O)[O-]. The number of nitro groups is 1. The summed E-state index contributed by atoms with van der Waals surface area (Å²) in [6, 6.07) is 9.49. The first kappa shape index (κ1) is 18.1. The van der Waals surface area contributed by atoms with Gasteiger partial charge in [0.05, 0.1) is 11.5 Å². The van der Waals surface area contributed by atoms with Gasteiger partial charge in [-0.15, -0.1) is 0 Å². The molecule has 8 heteroatoms. The van der Waals surface area contributed by atoms with Crippen molar-refractivity contribution < 1.29 is 18.9 Å². The van der Waals surface area contributed by atoms with E-state index in [1.165, 1.54) is 43.4 Å². The van der Waals surface area contributed by atoms with Gasteiger partial charge >= 0.3 is 0 Å². The summed E-state index contributed by atoms with van der Waals surface area (Å²) in [6.07, 6.45) is 0. The molecule has 0 saturated heterocycles. The number of nitrogens with one attached hydrogen (secondary N) is 1. The van der Waals surface area contributed by atoms with Crippen molar-refractivity contribution >= 4 is 23.2 Å². The van der Waals surface area contributed by atoms with Gasteiger partial charge in [0.1, 0.15) is 5.82 Å². The summed E-state index contributed by atoms with van der Waals surface area (Å²) in [5, 5.41) is 13.4. The third-order valence-corrected chi connectivity index (χ3v) is 3.49. The van der Waals surface area contributed by atoms with Crippen LogP contribution >= 0.6 is 0 Å². The number of aryl methyl sites for hydroxylation is 1. The summed E-state index contributed by atoms with van der Waals surface area (Å²) in [5.41, 5.74) is 0.659. The second-order valence-electron chi connectivity index (χ2n) is 5.48. The zero-order chi connectivity index (χ0) is 18.6. The van der Waals surface area contributed by atoms with Crippen LogP contribution in [0.1, 0.15) is 15.9 Å². The van der Waals surface area contributed by atoms with Crippen LogP contribution < -0.4 is 5.32 Å². The van der Waals surface area contributed by atoms with Crippen molar-refractivity contribution in [2.75, 3.05) is 18.9 Å². The smallest absolute Gasteiger partial charge is 0.273 e. The Morgan fingerprint density at radius 3 is 2.60 bits per heavy atom. The Balaban J connectivity index is 2.06. The molecule has 0 unspecified atom stereocenters. The monoisotopic (exact) mass is 345 g/mol.